The van der Waals surface area contributed by atoms with Gasteiger partial charge in [-0.25, -0.2) is 0 Å². The molecule has 2 aliphatic rings. The molecule has 0 radical (unpaired) electrons. The maximum Gasteiger partial charge on any atom is 0.200 e. The summed E-state index contributed by atoms with van der Waals surface area (Å²) in [7, 11) is 4.05. The monoisotopic (exact) mass is 440 g/mol. The summed E-state index contributed by atoms with van der Waals surface area (Å²) in [6.45, 7) is 1.04. The molecule has 8 heteroatoms. The van der Waals surface area contributed by atoms with Gasteiger partial charge in [0, 0.05) is 5.56 Å². The van der Waals surface area contributed by atoms with Crippen molar-refractivity contribution < 1.29 is 9.59 Å². The third-order valence-corrected chi connectivity index (χ3v) is 6.71. The number of anilines is 1. The molecule has 27 heavy (non-hydrogen) atoms. The minimum Gasteiger partial charge on any atom is -0.327 e. The van der Waals surface area contributed by atoms with Crippen LogP contribution in [0.5, 0.6) is 0 Å². The first-order valence-corrected chi connectivity index (χ1v) is 10.5. The molecule has 1 aromatic carbocycles. The fourth-order valence-corrected chi connectivity index (χ4v) is 5.11. The number of Topliss-reactive ketones (excluding diaryl/α,β-unsaturated/α-hetero) is 2. The van der Waals surface area contributed by atoms with Crippen molar-refractivity contribution in [3.8, 4) is 0 Å². The number of fused-ring (bicyclic) bond motifs is 1. The van der Waals surface area contributed by atoms with Crippen molar-refractivity contribution in [2.24, 2.45) is 0 Å². The second kappa shape index (κ2) is 9.89. The Bertz CT molecular complexity index is 811. The zero-order chi connectivity index (χ0) is 18.7. The van der Waals surface area contributed by atoms with Gasteiger partial charge in [-0.3, -0.25) is 9.59 Å². The van der Waals surface area contributed by atoms with Gasteiger partial charge in [-0.05, 0) is 56.4 Å². The Balaban J connectivity index is 0.00000261. The molecule has 2 aliphatic heterocycles. The van der Waals surface area contributed by atoms with Gasteiger partial charge in [0.05, 0.1) is 27.0 Å². The van der Waals surface area contributed by atoms with Gasteiger partial charge in [-0.2, -0.15) is 0 Å². The van der Waals surface area contributed by atoms with Crippen LogP contribution in [0.2, 0.25) is 0 Å². The topological polar surface area (TPSA) is 40.6 Å². The number of hydrogen-bond acceptors (Lipinski definition) is 6. The molecule has 1 aromatic rings. The molecule has 3 rings (SSSR count). The molecule has 0 fully saturated rings. The summed E-state index contributed by atoms with van der Waals surface area (Å²) in [6, 6.07) is 7.36. The molecular formula is C19H21ClN2O2S3. The lowest BCUT2D eigenvalue weighted by Crippen LogP contribution is -2.34. The molecule has 0 saturated carbocycles. The van der Waals surface area contributed by atoms with E-state index < -0.39 is 0 Å². The lowest BCUT2D eigenvalue weighted by atomic mass is 10.0. The Labute approximate surface area is 179 Å². The molecule has 0 aliphatic carbocycles. The minimum absolute atomic E-state index is 0. The highest BCUT2D eigenvalue weighted by Crippen LogP contribution is 2.42. The van der Waals surface area contributed by atoms with Crippen LogP contribution in [0.15, 0.2) is 44.9 Å². The number of ketones is 2. The standard InChI is InChI=1S/C19H20N2O2S3.ClH/c1-20(2)9-5-8-16(24)21-12-15(22)17(19-25-10-11-26-19)18(23)13-6-3-4-7-14(13)21;/h3-4,6-7,10-11H,5,8-9,12H2,1-2H3;1H. The molecule has 4 nitrogen and oxygen atoms in total. The van der Waals surface area contributed by atoms with Crippen molar-refractivity contribution in [1.29, 1.82) is 0 Å². The average Bonchev–Trinajstić information content (AvgIpc) is 3.10. The van der Waals surface area contributed by atoms with E-state index >= 15 is 0 Å². The number of carbonyl (C=O) groups is 2. The third-order valence-electron chi connectivity index (χ3n) is 4.15. The van der Waals surface area contributed by atoms with Gasteiger partial charge in [0.2, 0.25) is 0 Å². The Morgan fingerprint density at radius 3 is 2.52 bits per heavy atom. The number of thioether (sulfide) groups is 2. The van der Waals surface area contributed by atoms with Crippen molar-refractivity contribution in [2.75, 3.05) is 32.1 Å². The quantitative estimate of drug-likeness (QED) is 0.387. The maximum absolute atomic E-state index is 13.1. The first-order valence-electron chi connectivity index (χ1n) is 8.33. The molecule has 2 heterocycles. The summed E-state index contributed by atoms with van der Waals surface area (Å²) in [6.07, 6.45) is 1.62. The van der Waals surface area contributed by atoms with Crippen LogP contribution in [-0.2, 0) is 4.79 Å². The first kappa shape index (κ1) is 22.2. The van der Waals surface area contributed by atoms with E-state index in [0.717, 1.165) is 22.9 Å². The molecular weight excluding hydrogens is 420 g/mol. The molecule has 0 amide bonds. The van der Waals surface area contributed by atoms with Gasteiger partial charge in [0.25, 0.3) is 0 Å². The number of benzene rings is 1. The first-order chi connectivity index (χ1) is 12.5. The van der Waals surface area contributed by atoms with Crippen molar-refractivity contribution in [2.45, 2.75) is 12.8 Å². The summed E-state index contributed by atoms with van der Waals surface area (Å²) in [5.74, 6) is -0.372. The van der Waals surface area contributed by atoms with Gasteiger partial charge in [0.15, 0.2) is 11.6 Å². The van der Waals surface area contributed by atoms with Crippen LogP contribution in [0, 0.1) is 0 Å². The molecule has 0 saturated heterocycles. The highest BCUT2D eigenvalue weighted by Gasteiger charge is 2.34. The zero-order valence-corrected chi connectivity index (χ0v) is 18.4. The van der Waals surface area contributed by atoms with Crippen LogP contribution in [0.1, 0.15) is 23.2 Å². The summed E-state index contributed by atoms with van der Waals surface area (Å²) < 4.78 is 0.759. The fraction of sp³-hybridized carbons (Fsp3) is 0.316. The second-order valence-electron chi connectivity index (χ2n) is 6.33. The predicted octanol–water partition coefficient (Wildman–Crippen LogP) is 4.51. The van der Waals surface area contributed by atoms with E-state index in [4.69, 9.17) is 12.2 Å². The number of para-hydroxylation sites is 1. The summed E-state index contributed by atoms with van der Waals surface area (Å²) >= 11 is 8.49. The van der Waals surface area contributed by atoms with Crippen LogP contribution in [-0.4, -0.2) is 48.6 Å². The van der Waals surface area contributed by atoms with Crippen LogP contribution >= 0.6 is 48.1 Å². The Kier molecular flexibility index (Phi) is 8.12. The van der Waals surface area contributed by atoms with Crippen molar-refractivity contribution in [3.63, 3.8) is 0 Å². The molecule has 0 unspecified atom stereocenters. The normalized spacial score (nSPS) is 16.5. The van der Waals surface area contributed by atoms with E-state index in [-0.39, 0.29) is 36.1 Å². The second-order valence-corrected chi connectivity index (χ2v) is 8.89. The fourth-order valence-electron chi connectivity index (χ4n) is 2.91. The van der Waals surface area contributed by atoms with Crippen LogP contribution in [0.25, 0.3) is 0 Å². The van der Waals surface area contributed by atoms with Gasteiger partial charge in [0.1, 0.15) is 0 Å². The van der Waals surface area contributed by atoms with E-state index in [2.05, 4.69) is 4.90 Å². The number of thiocarbonyl (C=S) groups is 1. The van der Waals surface area contributed by atoms with Crippen LogP contribution < -0.4 is 4.90 Å². The molecule has 0 atom stereocenters. The third kappa shape index (κ3) is 5.03. The molecule has 144 valence electrons. The zero-order valence-electron chi connectivity index (χ0n) is 15.1. The number of hydrogen-bond donors (Lipinski definition) is 0. The number of carbonyl (C=O) groups excluding carboxylic acids is 2. The van der Waals surface area contributed by atoms with E-state index in [1.165, 1.54) is 23.5 Å². The maximum atomic E-state index is 13.1. The summed E-state index contributed by atoms with van der Waals surface area (Å²) in [5, 5.41) is 3.79. The Morgan fingerprint density at radius 2 is 1.85 bits per heavy atom. The van der Waals surface area contributed by atoms with Crippen molar-refractivity contribution in [3.05, 3.63) is 50.5 Å². The number of nitrogens with zero attached hydrogens (tertiary/aromatic N) is 2. The van der Waals surface area contributed by atoms with Crippen LogP contribution in [0.3, 0.4) is 0 Å². The average molecular weight is 441 g/mol. The lowest BCUT2D eigenvalue weighted by Gasteiger charge is -2.24. The number of rotatable bonds is 4. The van der Waals surface area contributed by atoms with Crippen LogP contribution in [0.4, 0.5) is 5.69 Å². The Hall–Kier alpha value is -1.12. The Morgan fingerprint density at radius 1 is 1.19 bits per heavy atom. The van der Waals surface area contributed by atoms with E-state index in [9.17, 15) is 9.59 Å². The van der Waals surface area contributed by atoms with E-state index in [1.807, 2.05) is 48.0 Å². The molecule has 0 aromatic heterocycles. The lowest BCUT2D eigenvalue weighted by molar-refractivity contribution is -0.113. The summed E-state index contributed by atoms with van der Waals surface area (Å²) in [5.41, 5.74) is 1.57. The van der Waals surface area contributed by atoms with Gasteiger partial charge < -0.3 is 9.80 Å². The molecule has 0 spiro atoms. The minimum atomic E-state index is -0.206. The van der Waals surface area contributed by atoms with Gasteiger partial charge in [-0.1, -0.05) is 47.9 Å². The highest BCUT2D eigenvalue weighted by molar-refractivity contribution is 8.27. The van der Waals surface area contributed by atoms with E-state index in [0.29, 0.717) is 17.0 Å². The van der Waals surface area contributed by atoms with Crippen molar-refractivity contribution in [1.82, 2.24) is 4.90 Å². The van der Waals surface area contributed by atoms with Gasteiger partial charge in [-0.15, -0.1) is 12.4 Å². The predicted molar refractivity (Wildman–Crippen MR) is 122 cm³/mol. The SMILES string of the molecule is CN(C)CCCC(=S)N1CC(=O)C(=C2SC=CS2)C(=O)c2ccccc21.Cl. The molecule has 0 bridgehead atoms. The largest absolute Gasteiger partial charge is 0.327 e. The number of halogens is 1. The highest BCUT2D eigenvalue weighted by atomic mass is 35.5. The van der Waals surface area contributed by atoms with Crippen molar-refractivity contribution >= 4 is 70.4 Å². The van der Waals surface area contributed by atoms with Gasteiger partial charge >= 0.3 is 0 Å². The summed E-state index contributed by atoms with van der Waals surface area (Å²) in [4.78, 5) is 30.7. The molecule has 0 N–H and O–H groups in total. The van der Waals surface area contributed by atoms with E-state index in [1.54, 1.807) is 6.07 Å². The smallest absolute Gasteiger partial charge is 0.200 e.